The van der Waals surface area contributed by atoms with Crippen molar-refractivity contribution in [1.82, 2.24) is 0 Å². The molecule has 2 rings (SSSR count). The monoisotopic (exact) mass is 428 g/mol. The topological polar surface area (TPSA) is 55.8 Å². The van der Waals surface area contributed by atoms with Gasteiger partial charge in [-0.05, 0) is 43.2 Å². The number of rotatable bonds is 10. The van der Waals surface area contributed by atoms with E-state index in [-0.39, 0.29) is 25.6 Å². The van der Waals surface area contributed by atoms with Crippen molar-refractivity contribution in [3.63, 3.8) is 0 Å². The molecule has 2 atom stereocenters. The zero-order chi connectivity index (χ0) is 20.7. The van der Waals surface area contributed by atoms with Gasteiger partial charge in [0.25, 0.3) is 0 Å². The number of hydrogen-bond acceptors (Lipinski definition) is 3. The maximum atomic E-state index is 14.4. The molecule has 2 aromatic rings. The summed E-state index contributed by atoms with van der Waals surface area (Å²) in [7, 11) is 0. The van der Waals surface area contributed by atoms with Crippen molar-refractivity contribution in [1.29, 1.82) is 0 Å². The van der Waals surface area contributed by atoms with E-state index in [9.17, 15) is 14.3 Å². The molecular formula is C21H23Cl2FO4. The summed E-state index contributed by atoms with van der Waals surface area (Å²) in [6, 6.07) is 11.9. The molecule has 1 N–H and O–H groups in total. The normalized spacial score (nSPS) is 13.4. The van der Waals surface area contributed by atoms with Crippen molar-refractivity contribution >= 4 is 29.2 Å². The van der Waals surface area contributed by atoms with Crippen LogP contribution in [0.15, 0.2) is 42.5 Å². The van der Waals surface area contributed by atoms with Gasteiger partial charge in [-0.25, -0.2) is 9.18 Å². The molecule has 0 aliphatic carbocycles. The van der Waals surface area contributed by atoms with Gasteiger partial charge in [0.1, 0.15) is 18.5 Å². The summed E-state index contributed by atoms with van der Waals surface area (Å²) in [6.45, 7) is 3.42. The third-order valence-corrected chi connectivity index (χ3v) is 4.43. The van der Waals surface area contributed by atoms with Crippen molar-refractivity contribution in [2.75, 3.05) is 6.61 Å². The lowest BCUT2D eigenvalue weighted by Crippen LogP contribution is -2.29. The molecule has 0 saturated carbocycles. The molecule has 0 amide bonds. The Bertz CT molecular complexity index is 798. The van der Waals surface area contributed by atoms with Crippen molar-refractivity contribution in [3.05, 3.63) is 63.6 Å². The predicted octanol–water partition coefficient (Wildman–Crippen LogP) is 5.37. The van der Waals surface area contributed by atoms with Crippen LogP contribution < -0.4 is 4.74 Å². The van der Waals surface area contributed by atoms with E-state index in [1.54, 1.807) is 50.2 Å². The third-order valence-electron chi connectivity index (χ3n) is 3.90. The summed E-state index contributed by atoms with van der Waals surface area (Å²) < 4.78 is 25.2. The number of aliphatic carboxylic acids is 1. The van der Waals surface area contributed by atoms with Gasteiger partial charge in [-0.3, -0.25) is 0 Å². The minimum absolute atomic E-state index is 0.141. The van der Waals surface area contributed by atoms with E-state index < -0.39 is 18.2 Å². The molecule has 4 nitrogen and oxygen atoms in total. The van der Waals surface area contributed by atoms with Gasteiger partial charge in [0.15, 0.2) is 6.10 Å². The largest absolute Gasteiger partial charge is 0.489 e. The van der Waals surface area contributed by atoms with Crippen molar-refractivity contribution in [3.8, 4) is 5.75 Å². The maximum Gasteiger partial charge on any atom is 0.333 e. The molecular weight excluding hydrogens is 406 g/mol. The zero-order valence-electron chi connectivity index (χ0n) is 15.7. The van der Waals surface area contributed by atoms with Crippen LogP contribution in [0.3, 0.4) is 0 Å². The van der Waals surface area contributed by atoms with E-state index in [2.05, 4.69) is 0 Å². The van der Waals surface area contributed by atoms with Gasteiger partial charge in [0.05, 0.1) is 11.1 Å². The average molecular weight is 429 g/mol. The fraction of sp³-hybridized carbons (Fsp3) is 0.381. The van der Waals surface area contributed by atoms with Crippen LogP contribution in [0, 0.1) is 0 Å². The lowest BCUT2D eigenvalue weighted by atomic mass is 10.0. The zero-order valence-corrected chi connectivity index (χ0v) is 17.2. The predicted molar refractivity (Wildman–Crippen MR) is 108 cm³/mol. The van der Waals surface area contributed by atoms with Crippen LogP contribution in [0.25, 0.3) is 0 Å². The van der Waals surface area contributed by atoms with Gasteiger partial charge >= 0.3 is 5.97 Å². The molecule has 0 radical (unpaired) electrons. The first-order valence-electron chi connectivity index (χ1n) is 8.92. The molecule has 0 bridgehead atoms. The van der Waals surface area contributed by atoms with Gasteiger partial charge in [-0.1, -0.05) is 47.5 Å². The second-order valence-electron chi connectivity index (χ2n) is 6.72. The Morgan fingerprint density at radius 3 is 2.39 bits per heavy atom. The molecule has 152 valence electrons. The molecule has 0 spiro atoms. The lowest BCUT2D eigenvalue weighted by Gasteiger charge is -2.17. The molecule has 0 unspecified atom stereocenters. The Hall–Kier alpha value is -1.82. The Morgan fingerprint density at radius 2 is 1.79 bits per heavy atom. The molecule has 0 aromatic heterocycles. The van der Waals surface area contributed by atoms with E-state index in [0.29, 0.717) is 15.8 Å². The lowest BCUT2D eigenvalue weighted by molar-refractivity contribution is -0.153. The highest BCUT2D eigenvalue weighted by Gasteiger charge is 2.20. The highest BCUT2D eigenvalue weighted by Crippen LogP contribution is 2.27. The average Bonchev–Trinajstić information content (AvgIpc) is 2.60. The summed E-state index contributed by atoms with van der Waals surface area (Å²) in [4.78, 5) is 11.3. The Labute approximate surface area is 174 Å². The minimum Gasteiger partial charge on any atom is -0.489 e. The van der Waals surface area contributed by atoms with Crippen LogP contribution in [-0.2, 0) is 22.4 Å². The number of alkyl halides is 1. The Balaban J connectivity index is 1.94. The minimum atomic E-state index is -1.25. The van der Waals surface area contributed by atoms with Gasteiger partial charge in [-0.15, -0.1) is 0 Å². The number of hydrogen-bond donors (Lipinski definition) is 1. The molecule has 0 saturated heterocycles. The smallest absolute Gasteiger partial charge is 0.333 e. The SMILES string of the molecule is CC(C)O[C@@H](Cc1cccc(C[C@@H](F)COc2ccc(Cl)cc2Cl)c1)C(=O)O. The van der Waals surface area contributed by atoms with Gasteiger partial charge in [0, 0.05) is 17.9 Å². The van der Waals surface area contributed by atoms with E-state index in [1.807, 2.05) is 0 Å². The first-order valence-corrected chi connectivity index (χ1v) is 9.68. The molecule has 0 aliphatic rings. The number of ether oxygens (including phenoxy) is 2. The quantitative estimate of drug-likeness (QED) is 0.552. The summed E-state index contributed by atoms with van der Waals surface area (Å²) >= 11 is 11.8. The van der Waals surface area contributed by atoms with Crippen LogP contribution in [0.4, 0.5) is 4.39 Å². The second-order valence-corrected chi connectivity index (χ2v) is 7.57. The number of carboxylic acid groups (broad SMARTS) is 1. The fourth-order valence-electron chi connectivity index (χ4n) is 2.71. The van der Waals surface area contributed by atoms with Crippen LogP contribution in [-0.4, -0.2) is 36.1 Å². The molecule has 28 heavy (non-hydrogen) atoms. The Kier molecular flexibility index (Phi) is 8.55. The summed E-state index contributed by atoms with van der Waals surface area (Å²) in [5.41, 5.74) is 1.53. The summed E-state index contributed by atoms with van der Waals surface area (Å²) in [6.07, 6.45) is -2.02. The Morgan fingerprint density at radius 1 is 1.11 bits per heavy atom. The molecule has 0 aliphatic heterocycles. The number of carbonyl (C=O) groups is 1. The first-order chi connectivity index (χ1) is 13.2. The van der Waals surface area contributed by atoms with Crippen LogP contribution in [0.2, 0.25) is 10.0 Å². The van der Waals surface area contributed by atoms with E-state index in [4.69, 9.17) is 32.7 Å². The first kappa shape index (κ1) is 22.5. The maximum absolute atomic E-state index is 14.4. The van der Waals surface area contributed by atoms with Gasteiger partial charge < -0.3 is 14.6 Å². The third kappa shape index (κ3) is 7.30. The van der Waals surface area contributed by atoms with Gasteiger partial charge in [-0.2, -0.15) is 0 Å². The van der Waals surface area contributed by atoms with Crippen molar-refractivity contribution in [2.24, 2.45) is 0 Å². The number of halogens is 3. The fourth-order valence-corrected chi connectivity index (χ4v) is 3.17. The van der Waals surface area contributed by atoms with Crippen LogP contribution in [0.5, 0.6) is 5.75 Å². The van der Waals surface area contributed by atoms with Crippen molar-refractivity contribution in [2.45, 2.75) is 45.1 Å². The molecule has 2 aromatic carbocycles. The molecule has 0 fully saturated rings. The standard InChI is InChI=1S/C21H23Cl2FO4/c1-13(2)28-20(21(25)26)10-15-5-3-4-14(8-15)9-17(24)12-27-19-7-6-16(22)11-18(19)23/h3-8,11,13,17,20H,9-10,12H2,1-2H3,(H,25,26)/t17-,20+/m1/s1. The van der Waals surface area contributed by atoms with E-state index in [1.165, 1.54) is 6.07 Å². The molecule has 0 heterocycles. The highest BCUT2D eigenvalue weighted by molar-refractivity contribution is 6.35. The number of carboxylic acids is 1. The highest BCUT2D eigenvalue weighted by atomic mass is 35.5. The van der Waals surface area contributed by atoms with E-state index in [0.717, 1.165) is 11.1 Å². The van der Waals surface area contributed by atoms with Crippen LogP contribution >= 0.6 is 23.2 Å². The number of benzene rings is 2. The molecule has 7 heteroatoms. The van der Waals surface area contributed by atoms with E-state index >= 15 is 0 Å². The second kappa shape index (κ2) is 10.6. The van der Waals surface area contributed by atoms with Crippen LogP contribution in [0.1, 0.15) is 25.0 Å². The summed E-state index contributed by atoms with van der Waals surface area (Å²) in [5, 5.41) is 10.1. The van der Waals surface area contributed by atoms with Gasteiger partial charge in [0.2, 0.25) is 0 Å². The van der Waals surface area contributed by atoms with Crippen molar-refractivity contribution < 1.29 is 23.8 Å². The summed E-state index contributed by atoms with van der Waals surface area (Å²) in [5.74, 6) is -0.645.